The van der Waals surface area contributed by atoms with E-state index in [1.807, 2.05) is 0 Å². The maximum atomic E-state index is 12.6. The van der Waals surface area contributed by atoms with Crippen molar-refractivity contribution in [3.05, 3.63) is 65.0 Å². The molecule has 0 aliphatic carbocycles. The molecule has 0 heterocycles. The van der Waals surface area contributed by atoms with Gasteiger partial charge in [0, 0.05) is 18.4 Å². The highest BCUT2D eigenvalue weighted by Crippen LogP contribution is 2.24. The summed E-state index contributed by atoms with van der Waals surface area (Å²) in [6, 6.07) is 10.8. The van der Waals surface area contributed by atoms with Gasteiger partial charge in [-0.25, -0.2) is 9.59 Å². The van der Waals surface area contributed by atoms with Crippen LogP contribution in [0.4, 0.5) is 17.1 Å². The van der Waals surface area contributed by atoms with E-state index in [2.05, 4.69) is 25.6 Å². The van der Waals surface area contributed by atoms with E-state index < -0.39 is 23.6 Å². The average Bonchev–Trinajstić information content (AvgIpc) is 2.78. The molecule has 2 rings (SSSR count). The van der Waals surface area contributed by atoms with Crippen molar-refractivity contribution in [1.82, 2.24) is 0 Å². The fourth-order valence-electron chi connectivity index (χ4n) is 2.44. The van der Waals surface area contributed by atoms with Crippen LogP contribution in [-0.2, 0) is 14.3 Å². The number of esters is 2. The van der Waals surface area contributed by atoms with Crippen molar-refractivity contribution in [2.24, 2.45) is 10.2 Å². The lowest BCUT2D eigenvalue weighted by molar-refractivity contribution is -0.113. The van der Waals surface area contributed by atoms with Crippen LogP contribution in [0.1, 0.15) is 27.6 Å². The van der Waals surface area contributed by atoms with E-state index in [-0.39, 0.29) is 22.5 Å². The first kappa shape index (κ1) is 23.1. The molecule has 0 bridgehead atoms. The van der Waals surface area contributed by atoms with Gasteiger partial charge in [-0.2, -0.15) is 0 Å². The number of hydrogen-bond donors (Lipinski definition) is 3. The summed E-state index contributed by atoms with van der Waals surface area (Å²) in [5, 5.41) is 23.2. The minimum absolute atomic E-state index is 0.0110. The van der Waals surface area contributed by atoms with Gasteiger partial charge in [0.25, 0.3) is 5.91 Å². The van der Waals surface area contributed by atoms with Crippen LogP contribution < -0.4 is 10.6 Å². The highest BCUT2D eigenvalue weighted by molar-refractivity contribution is 6.04. The zero-order valence-corrected chi connectivity index (χ0v) is 17.4. The second-order valence-corrected chi connectivity index (χ2v) is 6.13. The van der Waals surface area contributed by atoms with E-state index in [1.54, 1.807) is 31.3 Å². The molecule has 2 aromatic carbocycles. The lowest BCUT2D eigenvalue weighted by Crippen LogP contribution is -2.14. The number of nitrogens with one attached hydrogen (secondary N) is 2. The summed E-state index contributed by atoms with van der Waals surface area (Å²) >= 11 is 0. The fourth-order valence-corrected chi connectivity index (χ4v) is 2.44. The predicted molar refractivity (Wildman–Crippen MR) is 114 cm³/mol. The van der Waals surface area contributed by atoms with Gasteiger partial charge in [0.1, 0.15) is 11.4 Å². The molecule has 10 heteroatoms. The van der Waals surface area contributed by atoms with E-state index in [9.17, 15) is 19.5 Å². The Morgan fingerprint density at radius 2 is 1.55 bits per heavy atom. The molecule has 1 amide bonds. The first-order chi connectivity index (χ1) is 14.8. The second-order valence-electron chi connectivity index (χ2n) is 6.13. The van der Waals surface area contributed by atoms with Gasteiger partial charge in [-0.3, -0.25) is 4.79 Å². The van der Waals surface area contributed by atoms with Crippen molar-refractivity contribution in [2.75, 3.05) is 31.9 Å². The topological polar surface area (TPSA) is 139 Å². The number of anilines is 2. The van der Waals surface area contributed by atoms with E-state index >= 15 is 0 Å². The maximum Gasteiger partial charge on any atom is 0.340 e. The van der Waals surface area contributed by atoms with Crippen LogP contribution >= 0.6 is 0 Å². The molecule has 0 fully saturated rings. The van der Waals surface area contributed by atoms with Gasteiger partial charge in [0.15, 0.2) is 5.70 Å². The Labute approximate surface area is 178 Å². The fraction of sp³-hybridized carbons (Fsp3) is 0.190. The van der Waals surface area contributed by atoms with Crippen LogP contribution in [0, 0.1) is 0 Å². The molecule has 2 aromatic rings. The summed E-state index contributed by atoms with van der Waals surface area (Å²) in [6.45, 7) is 1.27. The summed E-state index contributed by atoms with van der Waals surface area (Å²) in [5.41, 5.74) is 1.03. The van der Waals surface area contributed by atoms with Crippen LogP contribution in [-0.4, -0.2) is 44.2 Å². The normalized spacial score (nSPS) is 11.5. The Kier molecular flexibility index (Phi) is 7.84. The molecule has 0 radical (unpaired) electrons. The number of allylic oxidation sites excluding steroid dienone is 1. The summed E-state index contributed by atoms with van der Waals surface area (Å²) in [6.07, 6.45) is 0. The van der Waals surface area contributed by atoms with Crippen molar-refractivity contribution >= 4 is 34.9 Å². The summed E-state index contributed by atoms with van der Waals surface area (Å²) in [4.78, 5) is 36.4. The highest BCUT2D eigenvalue weighted by Gasteiger charge is 2.18. The van der Waals surface area contributed by atoms with Gasteiger partial charge >= 0.3 is 11.9 Å². The van der Waals surface area contributed by atoms with E-state index in [0.717, 1.165) is 5.69 Å². The number of carbonyl (C=O) groups is 3. The monoisotopic (exact) mass is 426 g/mol. The predicted octanol–water partition coefficient (Wildman–Crippen LogP) is 3.81. The molecule has 162 valence electrons. The molecule has 0 aromatic heterocycles. The highest BCUT2D eigenvalue weighted by atomic mass is 16.5. The minimum Gasteiger partial charge on any atom is -0.510 e. The third kappa shape index (κ3) is 5.89. The first-order valence-corrected chi connectivity index (χ1v) is 9.02. The van der Waals surface area contributed by atoms with Gasteiger partial charge in [-0.1, -0.05) is 0 Å². The van der Waals surface area contributed by atoms with E-state index in [1.165, 1.54) is 39.3 Å². The number of aliphatic hydroxyl groups excluding tert-OH is 1. The smallest absolute Gasteiger partial charge is 0.340 e. The van der Waals surface area contributed by atoms with E-state index in [0.29, 0.717) is 5.69 Å². The van der Waals surface area contributed by atoms with Crippen LogP contribution in [0.3, 0.4) is 0 Å². The zero-order chi connectivity index (χ0) is 23.0. The Bertz CT molecular complexity index is 1040. The SMILES string of the molecule is CNc1ccc(NC(=O)C(N=Nc2cc(C(=O)OC)ccc2C(=O)OC)=C(C)O)cc1. The van der Waals surface area contributed by atoms with Crippen molar-refractivity contribution in [1.29, 1.82) is 0 Å². The minimum atomic E-state index is -0.718. The maximum absolute atomic E-state index is 12.6. The standard InChI is InChI=1S/C21H22N4O6/c1-12(26)18(19(27)23-15-8-6-14(22-2)7-9-15)25-24-17-11-13(20(28)30-3)5-10-16(17)21(29)31-4/h5-11,22,26H,1-4H3,(H,23,27). The van der Waals surface area contributed by atoms with Crippen LogP contribution in [0.25, 0.3) is 0 Å². The average molecular weight is 426 g/mol. The molecule has 0 aliphatic heterocycles. The van der Waals surface area contributed by atoms with Crippen molar-refractivity contribution in [2.45, 2.75) is 6.92 Å². The van der Waals surface area contributed by atoms with Gasteiger partial charge in [-0.05, 0) is 49.4 Å². The molecule has 0 spiro atoms. The third-order valence-electron chi connectivity index (χ3n) is 4.07. The van der Waals surface area contributed by atoms with Gasteiger partial charge in [0.2, 0.25) is 0 Å². The molecule has 0 unspecified atom stereocenters. The lowest BCUT2D eigenvalue weighted by Gasteiger charge is -2.08. The molecule has 10 nitrogen and oxygen atoms in total. The number of amides is 1. The van der Waals surface area contributed by atoms with Crippen LogP contribution in [0.5, 0.6) is 0 Å². The Morgan fingerprint density at radius 1 is 0.935 bits per heavy atom. The number of aliphatic hydroxyl groups is 1. The summed E-state index contributed by atoms with van der Waals surface area (Å²) < 4.78 is 9.36. The molecule has 3 N–H and O–H groups in total. The number of benzene rings is 2. The molecule has 0 aliphatic rings. The number of nitrogens with zero attached hydrogens (tertiary/aromatic N) is 2. The van der Waals surface area contributed by atoms with E-state index in [4.69, 9.17) is 4.74 Å². The molecule has 0 saturated heterocycles. The number of carbonyl (C=O) groups excluding carboxylic acids is 3. The Hall–Kier alpha value is -4.21. The van der Waals surface area contributed by atoms with Gasteiger partial charge in [0.05, 0.1) is 25.3 Å². The van der Waals surface area contributed by atoms with Crippen LogP contribution in [0.2, 0.25) is 0 Å². The molecule has 0 atom stereocenters. The molecular formula is C21H22N4O6. The number of methoxy groups -OCH3 is 2. The third-order valence-corrected chi connectivity index (χ3v) is 4.07. The second kappa shape index (κ2) is 10.5. The first-order valence-electron chi connectivity index (χ1n) is 9.02. The number of hydrogen-bond acceptors (Lipinski definition) is 9. The molecular weight excluding hydrogens is 404 g/mol. The van der Waals surface area contributed by atoms with Crippen LogP contribution in [0.15, 0.2) is 64.1 Å². The van der Waals surface area contributed by atoms with Gasteiger partial charge in [-0.15, -0.1) is 10.2 Å². The molecule has 0 saturated carbocycles. The molecule has 31 heavy (non-hydrogen) atoms. The summed E-state index contributed by atoms with van der Waals surface area (Å²) in [7, 11) is 4.16. The number of ether oxygens (including phenoxy) is 2. The van der Waals surface area contributed by atoms with Crippen molar-refractivity contribution in [3.63, 3.8) is 0 Å². The number of azo groups is 1. The van der Waals surface area contributed by atoms with Crippen molar-refractivity contribution < 1.29 is 29.0 Å². The van der Waals surface area contributed by atoms with Gasteiger partial charge < -0.3 is 25.2 Å². The Morgan fingerprint density at radius 3 is 2.10 bits per heavy atom. The number of rotatable bonds is 7. The summed E-state index contributed by atoms with van der Waals surface area (Å²) in [5.74, 6) is -2.48. The van der Waals surface area contributed by atoms with Crippen molar-refractivity contribution in [3.8, 4) is 0 Å². The largest absolute Gasteiger partial charge is 0.510 e. The lowest BCUT2D eigenvalue weighted by atomic mass is 10.1. The Balaban J connectivity index is 2.36. The quantitative estimate of drug-likeness (QED) is 0.265. The zero-order valence-electron chi connectivity index (χ0n) is 17.4.